The molecule has 19 heavy (non-hydrogen) atoms. The van der Waals surface area contributed by atoms with E-state index in [1.165, 1.54) is 0 Å². The van der Waals surface area contributed by atoms with Gasteiger partial charge in [0, 0.05) is 25.1 Å². The minimum atomic E-state index is -0.408. The summed E-state index contributed by atoms with van der Waals surface area (Å²) in [5.41, 5.74) is 6.20. The van der Waals surface area contributed by atoms with E-state index in [1.54, 1.807) is 4.90 Å². The summed E-state index contributed by atoms with van der Waals surface area (Å²) < 4.78 is 5.53. The fourth-order valence-electron chi connectivity index (χ4n) is 2.25. The minimum Gasteiger partial charge on any atom is -0.494 e. The molecule has 2 rings (SSSR count). The monoisotopic (exact) mass is 262 g/mol. The number of primary amides is 1. The van der Waals surface area contributed by atoms with Gasteiger partial charge in [-0.25, -0.2) is 0 Å². The summed E-state index contributed by atoms with van der Waals surface area (Å²) in [4.78, 5) is 24.6. The van der Waals surface area contributed by atoms with Crippen molar-refractivity contribution >= 4 is 11.8 Å². The normalized spacial score (nSPS) is 18.7. The second-order valence-corrected chi connectivity index (χ2v) is 4.62. The maximum atomic E-state index is 11.8. The van der Waals surface area contributed by atoms with Crippen LogP contribution in [0.25, 0.3) is 0 Å². The van der Waals surface area contributed by atoms with E-state index in [-0.39, 0.29) is 18.2 Å². The van der Waals surface area contributed by atoms with E-state index in [9.17, 15) is 9.59 Å². The number of nitrogens with two attached hydrogens (primary N) is 1. The van der Waals surface area contributed by atoms with Gasteiger partial charge in [-0.3, -0.25) is 9.59 Å². The Kier molecular flexibility index (Phi) is 4.04. The summed E-state index contributed by atoms with van der Waals surface area (Å²) in [5, 5.41) is 0. The van der Waals surface area contributed by atoms with Gasteiger partial charge in [-0.2, -0.15) is 0 Å². The average Bonchev–Trinajstić information content (AvgIpc) is 2.74. The molecule has 1 aliphatic heterocycles. The van der Waals surface area contributed by atoms with Crippen molar-refractivity contribution in [3.63, 3.8) is 0 Å². The Morgan fingerprint density at radius 3 is 2.84 bits per heavy atom. The number of ether oxygens (including phenoxy) is 1. The highest BCUT2D eigenvalue weighted by molar-refractivity contribution is 5.88. The number of para-hydroxylation sites is 1. The zero-order valence-corrected chi connectivity index (χ0v) is 11.0. The van der Waals surface area contributed by atoms with Gasteiger partial charge in [-0.15, -0.1) is 0 Å². The van der Waals surface area contributed by atoms with Crippen molar-refractivity contribution in [1.82, 2.24) is 4.90 Å². The molecule has 0 aromatic heterocycles. The molecular weight excluding hydrogens is 244 g/mol. The van der Waals surface area contributed by atoms with Crippen LogP contribution in [0.4, 0.5) is 0 Å². The van der Waals surface area contributed by atoms with E-state index in [1.807, 2.05) is 31.2 Å². The van der Waals surface area contributed by atoms with Crippen molar-refractivity contribution in [1.29, 1.82) is 0 Å². The van der Waals surface area contributed by atoms with E-state index in [0.29, 0.717) is 19.7 Å². The SMILES string of the molecule is CCOc1ccccc1CN1CC(C(N)=O)CC1=O. The largest absolute Gasteiger partial charge is 0.494 e. The van der Waals surface area contributed by atoms with Gasteiger partial charge in [0.05, 0.1) is 12.5 Å². The van der Waals surface area contributed by atoms with Crippen LogP contribution < -0.4 is 10.5 Å². The van der Waals surface area contributed by atoms with Gasteiger partial charge >= 0.3 is 0 Å². The third-order valence-corrected chi connectivity index (χ3v) is 3.25. The van der Waals surface area contributed by atoms with Gasteiger partial charge in [0.1, 0.15) is 5.75 Å². The zero-order valence-electron chi connectivity index (χ0n) is 11.0. The Bertz CT molecular complexity index is 487. The molecule has 1 fully saturated rings. The first-order valence-electron chi connectivity index (χ1n) is 6.39. The van der Waals surface area contributed by atoms with Crippen molar-refractivity contribution in [3.8, 4) is 5.75 Å². The molecule has 1 aliphatic rings. The first-order valence-corrected chi connectivity index (χ1v) is 6.39. The first kappa shape index (κ1) is 13.4. The number of amides is 2. The number of hydrogen-bond donors (Lipinski definition) is 1. The molecule has 0 aliphatic carbocycles. The quantitative estimate of drug-likeness (QED) is 0.857. The number of likely N-dealkylation sites (tertiary alicyclic amines) is 1. The van der Waals surface area contributed by atoms with Crippen molar-refractivity contribution in [2.45, 2.75) is 19.9 Å². The molecule has 5 nitrogen and oxygen atoms in total. The third kappa shape index (κ3) is 3.05. The molecule has 1 aromatic rings. The summed E-state index contributed by atoms with van der Waals surface area (Å²) in [6.07, 6.45) is 0.214. The Morgan fingerprint density at radius 1 is 1.47 bits per heavy atom. The Balaban J connectivity index is 2.09. The summed E-state index contributed by atoms with van der Waals surface area (Å²) in [5.74, 6) is -0.0314. The Labute approximate surface area is 112 Å². The van der Waals surface area contributed by atoms with E-state index in [2.05, 4.69) is 0 Å². The van der Waals surface area contributed by atoms with Crippen LogP contribution in [0.2, 0.25) is 0 Å². The lowest BCUT2D eigenvalue weighted by Gasteiger charge is -2.18. The summed E-state index contributed by atoms with van der Waals surface area (Å²) in [7, 11) is 0. The molecule has 1 saturated heterocycles. The van der Waals surface area contributed by atoms with Gasteiger partial charge in [-0.1, -0.05) is 18.2 Å². The maximum Gasteiger partial charge on any atom is 0.223 e. The zero-order chi connectivity index (χ0) is 13.8. The van der Waals surface area contributed by atoms with Crippen LogP contribution in [0.3, 0.4) is 0 Å². The molecular formula is C14H18N2O3. The van der Waals surface area contributed by atoms with E-state index >= 15 is 0 Å². The van der Waals surface area contributed by atoms with Gasteiger partial charge in [-0.05, 0) is 13.0 Å². The molecule has 1 aromatic carbocycles. The lowest BCUT2D eigenvalue weighted by molar-refractivity contribution is -0.128. The topological polar surface area (TPSA) is 72.6 Å². The average molecular weight is 262 g/mol. The van der Waals surface area contributed by atoms with Gasteiger partial charge in [0.15, 0.2) is 0 Å². The molecule has 0 radical (unpaired) electrons. The van der Waals surface area contributed by atoms with Gasteiger partial charge in [0.25, 0.3) is 0 Å². The lowest BCUT2D eigenvalue weighted by Crippen LogP contribution is -2.28. The van der Waals surface area contributed by atoms with E-state index in [0.717, 1.165) is 11.3 Å². The standard InChI is InChI=1S/C14H18N2O3/c1-2-19-12-6-4-3-5-10(12)8-16-9-11(14(15)18)7-13(16)17/h3-6,11H,2,7-9H2,1H3,(H2,15,18). The number of carbonyl (C=O) groups is 2. The smallest absolute Gasteiger partial charge is 0.223 e. The highest BCUT2D eigenvalue weighted by atomic mass is 16.5. The second-order valence-electron chi connectivity index (χ2n) is 4.62. The molecule has 1 atom stereocenters. The molecule has 1 unspecified atom stereocenters. The molecule has 0 spiro atoms. The first-order chi connectivity index (χ1) is 9.11. The molecule has 0 saturated carbocycles. The number of rotatable bonds is 5. The van der Waals surface area contributed by atoms with Crippen molar-refractivity contribution in [2.75, 3.05) is 13.2 Å². The number of benzene rings is 1. The molecule has 5 heteroatoms. The van der Waals surface area contributed by atoms with Crippen LogP contribution >= 0.6 is 0 Å². The van der Waals surface area contributed by atoms with Crippen LogP contribution in [0, 0.1) is 5.92 Å². The molecule has 102 valence electrons. The van der Waals surface area contributed by atoms with E-state index in [4.69, 9.17) is 10.5 Å². The predicted octanol–water partition coefficient (Wildman–Crippen LogP) is 0.919. The Morgan fingerprint density at radius 2 is 2.21 bits per heavy atom. The highest BCUT2D eigenvalue weighted by Crippen LogP contribution is 2.24. The van der Waals surface area contributed by atoms with Crippen LogP contribution in [0.5, 0.6) is 5.75 Å². The number of nitrogens with zero attached hydrogens (tertiary/aromatic N) is 1. The van der Waals surface area contributed by atoms with Crippen molar-refractivity contribution in [3.05, 3.63) is 29.8 Å². The van der Waals surface area contributed by atoms with Crippen LogP contribution in [-0.4, -0.2) is 29.9 Å². The van der Waals surface area contributed by atoms with Crippen molar-refractivity contribution in [2.24, 2.45) is 11.7 Å². The molecule has 2 amide bonds. The van der Waals surface area contributed by atoms with Gasteiger partial charge in [0.2, 0.25) is 11.8 Å². The third-order valence-electron chi connectivity index (χ3n) is 3.25. The van der Waals surface area contributed by atoms with Crippen molar-refractivity contribution < 1.29 is 14.3 Å². The molecule has 1 heterocycles. The lowest BCUT2D eigenvalue weighted by atomic mass is 10.1. The Hall–Kier alpha value is -2.04. The predicted molar refractivity (Wildman–Crippen MR) is 70.3 cm³/mol. The van der Waals surface area contributed by atoms with Crippen LogP contribution in [0.1, 0.15) is 18.9 Å². The number of hydrogen-bond acceptors (Lipinski definition) is 3. The van der Waals surface area contributed by atoms with E-state index < -0.39 is 5.91 Å². The summed E-state index contributed by atoms with van der Waals surface area (Å²) in [6.45, 7) is 3.35. The summed E-state index contributed by atoms with van der Waals surface area (Å²) in [6, 6.07) is 7.61. The molecule has 2 N–H and O–H groups in total. The maximum absolute atomic E-state index is 11.8. The van der Waals surface area contributed by atoms with Crippen LogP contribution in [-0.2, 0) is 16.1 Å². The number of carbonyl (C=O) groups excluding carboxylic acids is 2. The molecule has 0 bridgehead atoms. The fraction of sp³-hybridized carbons (Fsp3) is 0.429. The fourth-order valence-corrected chi connectivity index (χ4v) is 2.25. The second kappa shape index (κ2) is 5.73. The highest BCUT2D eigenvalue weighted by Gasteiger charge is 2.33. The minimum absolute atomic E-state index is 0.0323. The van der Waals surface area contributed by atoms with Gasteiger partial charge < -0.3 is 15.4 Å². The van der Waals surface area contributed by atoms with Crippen LogP contribution in [0.15, 0.2) is 24.3 Å². The summed E-state index contributed by atoms with van der Waals surface area (Å²) >= 11 is 0.